The molecule has 1 aromatic heterocycles. The molecule has 0 spiro atoms. The molecule has 4 rings (SSSR count). The van der Waals surface area contributed by atoms with Gasteiger partial charge < -0.3 is 15.0 Å². The molecule has 0 unspecified atom stereocenters. The Morgan fingerprint density at radius 2 is 1.86 bits per heavy atom. The lowest BCUT2D eigenvalue weighted by Gasteiger charge is -2.32. The number of benzene rings is 2. The van der Waals surface area contributed by atoms with Gasteiger partial charge in [-0.15, -0.1) is 0 Å². The molecule has 0 aliphatic carbocycles. The van der Waals surface area contributed by atoms with Crippen LogP contribution in [0.1, 0.15) is 45.2 Å². The molecule has 0 saturated carbocycles. The molecule has 7 nitrogen and oxygen atoms in total. The van der Waals surface area contributed by atoms with Crippen LogP contribution in [0.4, 0.5) is 0 Å². The zero-order chi connectivity index (χ0) is 19.7. The summed E-state index contributed by atoms with van der Waals surface area (Å²) in [6, 6.07) is 13.8. The summed E-state index contributed by atoms with van der Waals surface area (Å²) in [6.45, 7) is 1.04. The summed E-state index contributed by atoms with van der Waals surface area (Å²) in [5.74, 6) is -1.24. The van der Waals surface area contributed by atoms with Gasteiger partial charge in [0.25, 0.3) is 11.5 Å². The fourth-order valence-electron chi connectivity index (χ4n) is 3.66. The number of fused-ring (bicyclic) bond motifs is 1. The molecule has 7 heteroatoms. The van der Waals surface area contributed by atoms with Crippen LogP contribution < -0.4 is 5.56 Å². The van der Waals surface area contributed by atoms with Gasteiger partial charge in [-0.05, 0) is 42.7 Å². The highest BCUT2D eigenvalue weighted by Gasteiger charge is 2.28. The van der Waals surface area contributed by atoms with E-state index in [1.54, 1.807) is 53.4 Å². The van der Waals surface area contributed by atoms with Crippen LogP contribution in [-0.4, -0.2) is 44.9 Å². The Morgan fingerprint density at radius 1 is 1.11 bits per heavy atom. The summed E-state index contributed by atoms with van der Waals surface area (Å²) >= 11 is 0. The van der Waals surface area contributed by atoms with Crippen molar-refractivity contribution < 1.29 is 14.7 Å². The van der Waals surface area contributed by atoms with Gasteiger partial charge >= 0.3 is 5.97 Å². The number of amides is 1. The highest BCUT2D eigenvalue weighted by molar-refractivity contribution is 5.93. The van der Waals surface area contributed by atoms with E-state index in [4.69, 9.17) is 5.11 Å². The molecule has 2 heterocycles. The minimum atomic E-state index is -0.964. The van der Waals surface area contributed by atoms with Crippen molar-refractivity contribution in [1.82, 2.24) is 14.9 Å². The second kappa shape index (κ2) is 7.26. The molecule has 28 heavy (non-hydrogen) atoms. The van der Waals surface area contributed by atoms with Crippen molar-refractivity contribution in [2.45, 2.75) is 18.8 Å². The van der Waals surface area contributed by atoms with Gasteiger partial charge in [0.05, 0.1) is 16.6 Å². The number of rotatable bonds is 3. The van der Waals surface area contributed by atoms with Gasteiger partial charge in [-0.25, -0.2) is 9.78 Å². The molecular weight excluding hydrogens is 358 g/mol. The van der Waals surface area contributed by atoms with E-state index in [1.165, 1.54) is 0 Å². The maximum Gasteiger partial charge on any atom is 0.335 e. The van der Waals surface area contributed by atoms with Crippen LogP contribution >= 0.6 is 0 Å². The molecular formula is C21H19N3O4. The molecule has 1 amide bonds. The monoisotopic (exact) mass is 377 g/mol. The number of carboxylic acid groups (broad SMARTS) is 1. The van der Waals surface area contributed by atoms with Gasteiger partial charge in [-0.1, -0.05) is 24.3 Å². The number of nitrogens with one attached hydrogen (secondary N) is 1. The minimum absolute atomic E-state index is 0.0967. The van der Waals surface area contributed by atoms with Crippen molar-refractivity contribution in [2.75, 3.05) is 13.1 Å². The van der Waals surface area contributed by atoms with Crippen LogP contribution in [0.25, 0.3) is 11.0 Å². The Hall–Kier alpha value is -3.48. The van der Waals surface area contributed by atoms with Gasteiger partial charge in [-0.2, -0.15) is 0 Å². The molecule has 142 valence electrons. The second-order valence-corrected chi connectivity index (χ2v) is 6.95. The summed E-state index contributed by atoms with van der Waals surface area (Å²) < 4.78 is 0. The van der Waals surface area contributed by atoms with Crippen molar-refractivity contribution in [3.05, 3.63) is 75.7 Å². The van der Waals surface area contributed by atoms with E-state index >= 15 is 0 Å². The third-order valence-electron chi connectivity index (χ3n) is 5.14. The molecule has 1 aliphatic heterocycles. The van der Waals surface area contributed by atoms with Crippen LogP contribution in [0.15, 0.2) is 53.3 Å². The third-order valence-corrected chi connectivity index (χ3v) is 5.14. The van der Waals surface area contributed by atoms with Crippen LogP contribution in [0.2, 0.25) is 0 Å². The predicted molar refractivity (Wildman–Crippen MR) is 104 cm³/mol. The Bertz CT molecular complexity index is 1100. The van der Waals surface area contributed by atoms with Crippen LogP contribution in [0, 0.1) is 0 Å². The number of piperidine rings is 1. The number of hydrogen-bond donors (Lipinski definition) is 2. The zero-order valence-electron chi connectivity index (χ0n) is 15.1. The molecule has 2 aromatic carbocycles. The summed E-state index contributed by atoms with van der Waals surface area (Å²) in [6.07, 6.45) is 1.71. The second-order valence-electron chi connectivity index (χ2n) is 6.95. The quantitative estimate of drug-likeness (QED) is 0.730. The van der Waals surface area contributed by atoms with E-state index in [2.05, 4.69) is 9.97 Å². The maximum atomic E-state index is 13.0. The normalized spacial score (nSPS) is 16.9. The Balaban J connectivity index is 1.57. The van der Waals surface area contributed by atoms with E-state index in [9.17, 15) is 14.4 Å². The summed E-state index contributed by atoms with van der Waals surface area (Å²) in [7, 11) is 0. The molecule has 3 aromatic rings. The fourth-order valence-corrected chi connectivity index (χ4v) is 3.66. The van der Waals surface area contributed by atoms with Crippen molar-refractivity contribution in [1.29, 1.82) is 0 Å². The first kappa shape index (κ1) is 17.9. The molecule has 0 radical (unpaired) electrons. The van der Waals surface area contributed by atoms with E-state index in [0.717, 1.165) is 18.4 Å². The van der Waals surface area contributed by atoms with E-state index in [1.807, 2.05) is 0 Å². The van der Waals surface area contributed by atoms with Crippen molar-refractivity contribution in [3.8, 4) is 0 Å². The van der Waals surface area contributed by atoms with Gasteiger partial charge in [-0.3, -0.25) is 9.59 Å². The average Bonchev–Trinajstić information content (AvgIpc) is 2.73. The van der Waals surface area contributed by atoms with Gasteiger partial charge in [0.15, 0.2) is 5.69 Å². The van der Waals surface area contributed by atoms with Gasteiger partial charge in [0.2, 0.25) is 0 Å². The summed E-state index contributed by atoms with van der Waals surface area (Å²) in [5, 5.41) is 9.04. The number of likely N-dealkylation sites (tertiary alicyclic amines) is 1. The molecule has 2 N–H and O–H groups in total. The highest BCUT2D eigenvalue weighted by Crippen LogP contribution is 2.27. The zero-order valence-corrected chi connectivity index (χ0v) is 15.1. The number of carbonyl (C=O) groups excluding carboxylic acids is 1. The number of nitrogens with zero attached hydrogens (tertiary/aromatic N) is 2. The SMILES string of the molecule is O=C(O)c1ccc([C@H]2CCCN(C(=O)c3nc4ccccc4[nH]c3=O)C2)cc1. The highest BCUT2D eigenvalue weighted by atomic mass is 16.4. The topological polar surface area (TPSA) is 103 Å². The van der Waals surface area contributed by atoms with Crippen molar-refractivity contribution in [2.24, 2.45) is 0 Å². The average molecular weight is 377 g/mol. The van der Waals surface area contributed by atoms with Crippen molar-refractivity contribution in [3.63, 3.8) is 0 Å². The Labute approximate surface area is 160 Å². The summed E-state index contributed by atoms with van der Waals surface area (Å²) in [4.78, 5) is 45.0. The number of aromatic carboxylic acids is 1. The standard InChI is InChI=1S/C21H19N3O4/c25-19-18(22-16-5-1-2-6-17(16)23-19)20(26)24-11-3-4-15(12-24)13-7-9-14(10-8-13)21(27)28/h1-2,5-10,15H,3-4,11-12H2,(H,23,25)(H,27,28)/t15-/m0/s1. The minimum Gasteiger partial charge on any atom is -0.478 e. The number of H-pyrrole nitrogens is 1. The Kier molecular flexibility index (Phi) is 4.65. The number of para-hydroxylation sites is 2. The number of aromatic nitrogens is 2. The van der Waals surface area contributed by atoms with E-state index in [0.29, 0.717) is 24.1 Å². The first-order valence-corrected chi connectivity index (χ1v) is 9.14. The molecule has 1 aliphatic rings. The van der Waals surface area contributed by atoms with Crippen molar-refractivity contribution >= 4 is 22.9 Å². The number of carboxylic acids is 1. The van der Waals surface area contributed by atoms with Gasteiger partial charge in [0.1, 0.15) is 0 Å². The third kappa shape index (κ3) is 3.38. The summed E-state index contributed by atoms with van der Waals surface area (Å²) in [5.41, 5.74) is 1.81. The largest absolute Gasteiger partial charge is 0.478 e. The smallest absolute Gasteiger partial charge is 0.335 e. The number of carbonyl (C=O) groups is 2. The lowest BCUT2D eigenvalue weighted by atomic mass is 9.90. The van der Waals surface area contributed by atoms with Crippen LogP contribution in [0.3, 0.4) is 0 Å². The lowest BCUT2D eigenvalue weighted by molar-refractivity contribution is 0.0691. The van der Waals surface area contributed by atoms with E-state index in [-0.39, 0.29) is 23.1 Å². The fraction of sp³-hybridized carbons (Fsp3) is 0.238. The van der Waals surface area contributed by atoms with Crippen LogP contribution in [-0.2, 0) is 0 Å². The first-order valence-electron chi connectivity index (χ1n) is 9.14. The van der Waals surface area contributed by atoms with Gasteiger partial charge in [0, 0.05) is 19.0 Å². The molecule has 1 fully saturated rings. The maximum absolute atomic E-state index is 13.0. The van der Waals surface area contributed by atoms with E-state index < -0.39 is 11.5 Å². The lowest BCUT2D eigenvalue weighted by Crippen LogP contribution is -2.41. The van der Waals surface area contributed by atoms with Crippen LogP contribution in [0.5, 0.6) is 0 Å². The molecule has 1 saturated heterocycles. The molecule has 0 bridgehead atoms. The molecule has 1 atom stereocenters. The Morgan fingerprint density at radius 3 is 2.61 bits per heavy atom. The number of aromatic amines is 1. The predicted octanol–water partition coefficient (Wildman–Crippen LogP) is 2.64. The number of hydrogen-bond acceptors (Lipinski definition) is 4. The first-order chi connectivity index (χ1) is 13.5.